The predicted octanol–water partition coefficient (Wildman–Crippen LogP) is 3.23. The number of thioether (sulfide) groups is 1. The zero-order valence-corrected chi connectivity index (χ0v) is 15.3. The van der Waals surface area contributed by atoms with Crippen LogP contribution in [-0.4, -0.2) is 44.4 Å². The molecule has 1 fully saturated rings. The highest BCUT2D eigenvalue weighted by molar-refractivity contribution is 7.99. The van der Waals surface area contributed by atoms with Gasteiger partial charge in [0.05, 0.1) is 5.75 Å². The molecule has 1 aromatic carbocycles. The van der Waals surface area contributed by atoms with Crippen molar-refractivity contribution >= 4 is 17.7 Å². The smallest absolute Gasteiger partial charge is 0.233 e. The van der Waals surface area contributed by atoms with E-state index < -0.39 is 0 Å². The van der Waals surface area contributed by atoms with Crippen LogP contribution in [0, 0.1) is 19.8 Å². The summed E-state index contributed by atoms with van der Waals surface area (Å²) in [6.45, 7) is 8.16. The highest BCUT2D eigenvalue weighted by Gasteiger charge is 2.21. The molecule has 1 unspecified atom stereocenters. The Hall–Kier alpha value is -1.82. The van der Waals surface area contributed by atoms with Gasteiger partial charge in [0.2, 0.25) is 5.91 Å². The van der Waals surface area contributed by atoms with Crippen molar-refractivity contribution in [3.63, 3.8) is 0 Å². The van der Waals surface area contributed by atoms with Gasteiger partial charge in [-0.2, -0.15) is 0 Å². The number of rotatable bonds is 4. The Balaban J connectivity index is 1.67. The van der Waals surface area contributed by atoms with Crippen molar-refractivity contribution in [1.82, 2.24) is 19.7 Å². The zero-order valence-electron chi connectivity index (χ0n) is 14.5. The number of hydrogen-bond donors (Lipinski definition) is 0. The van der Waals surface area contributed by atoms with Gasteiger partial charge in [0.15, 0.2) is 5.16 Å². The number of hydrogen-bond acceptors (Lipinski definition) is 4. The van der Waals surface area contributed by atoms with Crippen LogP contribution in [0.3, 0.4) is 0 Å². The van der Waals surface area contributed by atoms with E-state index in [1.807, 2.05) is 9.47 Å². The molecule has 6 heteroatoms. The Morgan fingerprint density at radius 2 is 2.17 bits per heavy atom. The van der Waals surface area contributed by atoms with Gasteiger partial charge in [0, 0.05) is 18.8 Å². The average Bonchev–Trinajstić information content (AvgIpc) is 3.03. The molecule has 1 amide bonds. The first-order chi connectivity index (χ1) is 11.5. The van der Waals surface area contributed by atoms with Crippen LogP contribution in [0.15, 0.2) is 29.7 Å². The number of benzene rings is 1. The summed E-state index contributed by atoms with van der Waals surface area (Å²) in [4.78, 5) is 14.4. The molecule has 1 aliphatic rings. The molecule has 24 heavy (non-hydrogen) atoms. The summed E-state index contributed by atoms with van der Waals surface area (Å²) in [5.41, 5.74) is 3.52. The number of carbonyl (C=O) groups excluding carboxylic acids is 1. The molecule has 0 aliphatic carbocycles. The Morgan fingerprint density at radius 3 is 2.92 bits per heavy atom. The lowest BCUT2D eigenvalue weighted by molar-refractivity contribution is -0.130. The predicted molar refractivity (Wildman–Crippen MR) is 96.5 cm³/mol. The molecule has 0 saturated carbocycles. The molecule has 1 atom stereocenters. The lowest BCUT2D eigenvalue weighted by atomic mass is 10.0. The van der Waals surface area contributed by atoms with Crippen LogP contribution in [0.2, 0.25) is 0 Å². The lowest BCUT2D eigenvalue weighted by Crippen LogP contribution is -2.40. The average molecular weight is 344 g/mol. The van der Waals surface area contributed by atoms with Crippen molar-refractivity contribution in [1.29, 1.82) is 0 Å². The number of amides is 1. The third-order valence-electron chi connectivity index (χ3n) is 4.62. The largest absolute Gasteiger partial charge is 0.342 e. The summed E-state index contributed by atoms with van der Waals surface area (Å²) in [7, 11) is 0. The number of carbonyl (C=O) groups is 1. The number of likely N-dealkylation sites (tertiary alicyclic amines) is 1. The van der Waals surface area contributed by atoms with E-state index in [2.05, 4.69) is 49.2 Å². The van der Waals surface area contributed by atoms with Gasteiger partial charge in [-0.1, -0.05) is 24.8 Å². The monoisotopic (exact) mass is 344 g/mol. The van der Waals surface area contributed by atoms with Gasteiger partial charge >= 0.3 is 0 Å². The molecular formula is C18H24N4OS. The van der Waals surface area contributed by atoms with Crippen molar-refractivity contribution in [3.05, 3.63) is 35.7 Å². The van der Waals surface area contributed by atoms with Crippen LogP contribution in [0.5, 0.6) is 0 Å². The summed E-state index contributed by atoms with van der Waals surface area (Å²) in [5, 5.41) is 8.96. The molecule has 0 radical (unpaired) electrons. The van der Waals surface area contributed by atoms with Gasteiger partial charge in [-0.25, -0.2) is 0 Å². The summed E-state index contributed by atoms with van der Waals surface area (Å²) in [5.74, 6) is 1.21. The minimum atomic E-state index is 0.196. The van der Waals surface area contributed by atoms with E-state index in [0.29, 0.717) is 11.7 Å². The van der Waals surface area contributed by atoms with E-state index in [4.69, 9.17) is 0 Å². The van der Waals surface area contributed by atoms with Crippen LogP contribution in [-0.2, 0) is 4.79 Å². The fourth-order valence-electron chi connectivity index (χ4n) is 3.01. The molecule has 0 spiro atoms. The Kier molecular flexibility index (Phi) is 5.23. The maximum atomic E-state index is 12.4. The third kappa shape index (κ3) is 3.80. The summed E-state index contributed by atoms with van der Waals surface area (Å²) >= 11 is 1.46. The van der Waals surface area contributed by atoms with Gasteiger partial charge in [-0.15, -0.1) is 10.2 Å². The number of aryl methyl sites for hydroxylation is 2. The van der Waals surface area contributed by atoms with Gasteiger partial charge in [-0.3, -0.25) is 9.36 Å². The topological polar surface area (TPSA) is 51.0 Å². The molecule has 2 aromatic rings. The summed E-state index contributed by atoms with van der Waals surface area (Å²) in [6.07, 6.45) is 4.04. The van der Waals surface area contributed by atoms with Gasteiger partial charge in [0.1, 0.15) is 6.33 Å². The van der Waals surface area contributed by atoms with E-state index in [0.717, 1.165) is 30.4 Å². The second-order valence-electron chi connectivity index (χ2n) is 6.63. The third-order valence-corrected chi connectivity index (χ3v) is 5.55. The van der Waals surface area contributed by atoms with Gasteiger partial charge in [-0.05, 0) is 55.9 Å². The first kappa shape index (κ1) is 17.0. The molecule has 3 rings (SSSR count). The SMILES string of the molecule is Cc1ccc(-n2cnnc2SCC(=O)N2CCCC(C)C2)cc1C. The fraction of sp³-hybridized carbons (Fsp3) is 0.500. The van der Waals surface area contributed by atoms with Crippen LogP contribution in [0.1, 0.15) is 30.9 Å². The number of nitrogens with zero attached hydrogens (tertiary/aromatic N) is 4. The number of aromatic nitrogens is 3. The number of piperidine rings is 1. The highest BCUT2D eigenvalue weighted by Crippen LogP contribution is 2.23. The minimum absolute atomic E-state index is 0.196. The molecule has 2 heterocycles. The van der Waals surface area contributed by atoms with Crippen LogP contribution >= 0.6 is 11.8 Å². The Labute approximate surface area is 147 Å². The van der Waals surface area contributed by atoms with Gasteiger partial charge in [0.25, 0.3) is 0 Å². The van der Waals surface area contributed by atoms with Crippen LogP contribution < -0.4 is 0 Å². The van der Waals surface area contributed by atoms with E-state index in [1.54, 1.807) is 6.33 Å². The molecule has 0 bridgehead atoms. The fourth-order valence-corrected chi connectivity index (χ4v) is 3.84. The highest BCUT2D eigenvalue weighted by atomic mass is 32.2. The quantitative estimate of drug-likeness (QED) is 0.799. The van der Waals surface area contributed by atoms with Crippen LogP contribution in [0.4, 0.5) is 0 Å². The maximum Gasteiger partial charge on any atom is 0.233 e. The molecule has 5 nitrogen and oxygen atoms in total. The second kappa shape index (κ2) is 7.38. The lowest BCUT2D eigenvalue weighted by Gasteiger charge is -2.30. The maximum absolute atomic E-state index is 12.4. The van der Waals surface area contributed by atoms with Crippen molar-refractivity contribution in [2.24, 2.45) is 5.92 Å². The van der Waals surface area contributed by atoms with E-state index in [-0.39, 0.29) is 5.91 Å². The second-order valence-corrected chi connectivity index (χ2v) is 7.57. The first-order valence-corrected chi connectivity index (χ1v) is 9.41. The minimum Gasteiger partial charge on any atom is -0.342 e. The molecule has 1 aliphatic heterocycles. The zero-order chi connectivity index (χ0) is 17.1. The van der Waals surface area contributed by atoms with Crippen LogP contribution in [0.25, 0.3) is 5.69 Å². The normalized spacial score (nSPS) is 18.0. The summed E-state index contributed by atoms with van der Waals surface area (Å²) < 4.78 is 1.95. The van der Waals surface area contributed by atoms with Gasteiger partial charge < -0.3 is 4.90 Å². The molecule has 1 aromatic heterocycles. The Bertz CT molecular complexity index is 728. The molecule has 128 valence electrons. The molecule has 0 N–H and O–H groups in total. The van der Waals surface area contributed by atoms with E-state index >= 15 is 0 Å². The summed E-state index contributed by atoms with van der Waals surface area (Å²) in [6, 6.07) is 6.28. The van der Waals surface area contributed by atoms with E-state index in [1.165, 1.54) is 29.3 Å². The van der Waals surface area contributed by atoms with Crippen molar-refractivity contribution in [3.8, 4) is 5.69 Å². The molecule has 1 saturated heterocycles. The van der Waals surface area contributed by atoms with Crippen molar-refractivity contribution < 1.29 is 4.79 Å². The van der Waals surface area contributed by atoms with Crippen molar-refractivity contribution in [2.45, 2.75) is 38.8 Å². The molecular weight excluding hydrogens is 320 g/mol. The Morgan fingerprint density at radius 1 is 1.33 bits per heavy atom. The van der Waals surface area contributed by atoms with Crippen molar-refractivity contribution in [2.75, 3.05) is 18.8 Å². The van der Waals surface area contributed by atoms with E-state index in [9.17, 15) is 4.79 Å². The standard InChI is InChI=1S/C18H24N4OS/c1-13-5-4-8-21(10-13)17(23)11-24-18-20-19-12-22(18)16-7-6-14(2)15(3)9-16/h6-7,9,12-13H,4-5,8,10-11H2,1-3H3. The first-order valence-electron chi connectivity index (χ1n) is 8.43.